The molecule has 0 aliphatic heterocycles. The summed E-state index contributed by atoms with van der Waals surface area (Å²) in [6, 6.07) is 7.83. The molecule has 0 fully saturated rings. The molecule has 0 aliphatic carbocycles. The van der Waals surface area contributed by atoms with Gasteiger partial charge in [-0.3, -0.25) is 0 Å². The maximum absolute atomic E-state index is 5.72. The lowest BCUT2D eigenvalue weighted by Gasteiger charge is -2.08. The first-order chi connectivity index (χ1) is 5.24. The molecule has 76 valence electrons. The van der Waals surface area contributed by atoms with Crippen molar-refractivity contribution in [2.45, 2.75) is 6.04 Å². The molecule has 1 atom stereocenters. The second kappa shape index (κ2) is 7.59. The highest BCUT2D eigenvalue weighted by molar-refractivity contribution is 9.10. The van der Waals surface area contributed by atoms with Crippen molar-refractivity contribution in [1.29, 1.82) is 0 Å². The van der Waals surface area contributed by atoms with Crippen LogP contribution < -0.4 is 11.5 Å². The second-order valence-corrected chi connectivity index (χ2v) is 3.31. The van der Waals surface area contributed by atoms with Crippen LogP contribution in [0, 0.1) is 0 Å². The van der Waals surface area contributed by atoms with E-state index in [4.69, 9.17) is 11.5 Å². The van der Waals surface area contributed by atoms with Gasteiger partial charge in [-0.1, -0.05) is 28.1 Å². The molecular formula is C8H13BrCl2N2. The highest BCUT2D eigenvalue weighted by atomic mass is 79.9. The van der Waals surface area contributed by atoms with E-state index in [1.807, 2.05) is 24.3 Å². The van der Waals surface area contributed by atoms with E-state index in [9.17, 15) is 0 Å². The van der Waals surface area contributed by atoms with Gasteiger partial charge in [-0.05, 0) is 17.7 Å². The van der Waals surface area contributed by atoms with E-state index in [2.05, 4.69) is 15.9 Å². The van der Waals surface area contributed by atoms with Crippen molar-refractivity contribution in [2.75, 3.05) is 6.54 Å². The van der Waals surface area contributed by atoms with Crippen LogP contribution >= 0.6 is 40.7 Å². The number of hydrogen-bond donors (Lipinski definition) is 2. The number of benzene rings is 1. The Morgan fingerprint density at radius 2 is 1.92 bits per heavy atom. The van der Waals surface area contributed by atoms with E-state index in [0.29, 0.717) is 6.54 Å². The molecule has 0 unspecified atom stereocenters. The molecule has 1 aromatic carbocycles. The molecule has 0 heterocycles. The van der Waals surface area contributed by atoms with Gasteiger partial charge in [-0.15, -0.1) is 24.8 Å². The average Bonchev–Trinajstić information content (AvgIpc) is 2.03. The fraction of sp³-hybridized carbons (Fsp3) is 0.250. The van der Waals surface area contributed by atoms with Crippen LogP contribution in [0.1, 0.15) is 11.6 Å². The zero-order chi connectivity index (χ0) is 8.27. The van der Waals surface area contributed by atoms with Gasteiger partial charge in [0, 0.05) is 17.1 Å². The lowest BCUT2D eigenvalue weighted by atomic mass is 10.1. The predicted molar refractivity (Wildman–Crippen MR) is 64.6 cm³/mol. The number of rotatable bonds is 2. The molecule has 2 nitrogen and oxygen atoms in total. The Morgan fingerprint density at radius 3 is 2.38 bits per heavy atom. The minimum Gasteiger partial charge on any atom is -0.329 e. The van der Waals surface area contributed by atoms with Gasteiger partial charge in [-0.25, -0.2) is 0 Å². The van der Waals surface area contributed by atoms with E-state index in [-0.39, 0.29) is 30.9 Å². The third-order valence-electron chi connectivity index (χ3n) is 1.53. The maximum atomic E-state index is 5.72. The summed E-state index contributed by atoms with van der Waals surface area (Å²) in [6.07, 6.45) is 0. The van der Waals surface area contributed by atoms with Crippen LogP contribution in [0.4, 0.5) is 0 Å². The zero-order valence-corrected chi connectivity index (χ0v) is 10.2. The van der Waals surface area contributed by atoms with Crippen LogP contribution in [-0.2, 0) is 0 Å². The first-order valence-corrected chi connectivity index (χ1v) is 4.24. The first-order valence-electron chi connectivity index (χ1n) is 3.45. The highest BCUT2D eigenvalue weighted by Crippen LogP contribution is 2.15. The molecule has 0 amide bonds. The Bertz CT molecular complexity index is 245. The van der Waals surface area contributed by atoms with Crippen LogP contribution in [0.5, 0.6) is 0 Å². The minimum atomic E-state index is -0.0486. The predicted octanol–water partition coefficient (Wildman–Crippen LogP) is 2.25. The van der Waals surface area contributed by atoms with E-state index < -0.39 is 0 Å². The number of nitrogens with two attached hydrogens (primary N) is 2. The number of hydrogen-bond acceptors (Lipinski definition) is 2. The third-order valence-corrected chi connectivity index (χ3v) is 2.02. The molecule has 4 N–H and O–H groups in total. The van der Waals surface area contributed by atoms with Crippen molar-refractivity contribution in [2.24, 2.45) is 11.5 Å². The van der Waals surface area contributed by atoms with Crippen molar-refractivity contribution in [3.8, 4) is 0 Å². The molecule has 0 saturated carbocycles. The van der Waals surface area contributed by atoms with Gasteiger partial charge in [0.25, 0.3) is 0 Å². The van der Waals surface area contributed by atoms with Crippen molar-refractivity contribution in [3.05, 3.63) is 34.3 Å². The summed E-state index contributed by atoms with van der Waals surface area (Å²) in [5.74, 6) is 0. The molecule has 1 aromatic rings. The summed E-state index contributed by atoms with van der Waals surface area (Å²) in [5, 5.41) is 0. The SMILES string of the molecule is Cl.Cl.NC[C@@H](N)c1cccc(Br)c1. The van der Waals surface area contributed by atoms with Crippen LogP contribution in [0.2, 0.25) is 0 Å². The maximum Gasteiger partial charge on any atom is 0.0419 e. The summed E-state index contributed by atoms with van der Waals surface area (Å²) in [5.41, 5.74) is 12.2. The van der Waals surface area contributed by atoms with Gasteiger partial charge in [0.05, 0.1) is 0 Å². The molecule has 0 aromatic heterocycles. The van der Waals surface area contributed by atoms with Crippen molar-refractivity contribution >= 4 is 40.7 Å². The fourth-order valence-corrected chi connectivity index (χ4v) is 1.29. The molecule has 0 aliphatic rings. The molecule has 5 heteroatoms. The largest absolute Gasteiger partial charge is 0.329 e. The van der Waals surface area contributed by atoms with Crippen LogP contribution in [-0.4, -0.2) is 6.54 Å². The van der Waals surface area contributed by atoms with E-state index in [0.717, 1.165) is 10.0 Å². The topological polar surface area (TPSA) is 52.0 Å². The summed E-state index contributed by atoms with van der Waals surface area (Å²) >= 11 is 3.36. The Hall–Kier alpha value is 0.200. The van der Waals surface area contributed by atoms with Crippen LogP contribution in [0.25, 0.3) is 0 Å². The lowest BCUT2D eigenvalue weighted by Crippen LogP contribution is -2.20. The van der Waals surface area contributed by atoms with Gasteiger partial charge in [0.15, 0.2) is 0 Å². The van der Waals surface area contributed by atoms with E-state index in [1.54, 1.807) is 0 Å². The Morgan fingerprint density at radius 1 is 1.31 bits per heavy atom. The minimum absolute atomic E-state index is 0. The summed E-state index contributed by atoms with van der Waals surface area (Å²) in [4.78, 5) is 0. The molecular weight excluding hydrogens is 275 g/mol. The van der Waals surface area contributed by atoms with Crippen molar-refractivity contribution in [1.82, 2.24) is 0 Å². The second-order valence-electron chi connectivity index (χ2n) is 2.40. The highest BCUT2D eigenvalue weighted by Gasteiger charge is 2.01. The normalized spacial score (nSPS) is 11.0. The summed E-state index contributed by atoms with van der Waals surface area (Å²) in [6.45, 7) is 0.483. The molecule has 0 saturated heterocycles. The number of halogens is 3. The Labute approximate surface area is 99.0 Å². The quantitative estimate of drug-likeness (QED) is 0.877. The van der Waals surface area contributed by atoms with Gasteiger partial charge >= 0.3 is 0 Å². The monoisotopic (exact) mass is 286 g/mol. The molecule has 0 bridgehead atoms. The molecule has 0 radical (unpaired) electrons. The summed E-state index contributed by atoms with van der Waals surface area (Å²) < 4.78 is 1.04. The van der Waals surface area contributed by atoms with Gasteiger partial charge in [0.2, 0.25) is 0 Å². The van der Waals surface area contributed by atoms with E-state index >= 15 is 0 Å². The molecule has 13 heavy (non-hydrogen) atoms. The standard InChI is InChI=1S/C8H11BrN2.2ClH/c9-7-3-1-2-6(4-7)8(11)5-10;;/h1-4,8H,5,10-11H2;2*1H/t8-;;/m1../s1. The fourth-order valence-electron chi connectivity index (χ4n) is 0.873. The Balaban J connectivity index is 0. The first kappa shape index (κ1) is 15.7. The average molecular weight is 288 g/mol. The molecule has 0 spiro atoms. The van der Waals surface area contributed by atoms with Gasteiger partial charge in [0.1, 0.15) is 0 Å². The molecule has 1 rings (SSSR count). The van der Waals surface area contributed by atoms with Crippen LogP contribution in [0.3, 0.4) is 0 Å². The van der Waals surface area contributed by atoms with E-state index in [1.165, 1.54) is 0 Å². The Kier molecular flexibility index (Phi) is 9.14. The lowest BCUT2D eigenvalue weighted by molar-refractivity contribution is 0.736. The smallest absolute Gasteiger partial charge is 0.0419 e. The van der Waals surface area contributed by atoms with Gasteiger partial charge in [-0.2, -0.15) is 0 Å². The van der Waals surface area contributed by atoms with Crippen molar-refractivity contribution < 1.29 is 0 Å². The third kappa shape index (κ3) is 4.84. The van der Waals surface area contributed by atoms with Gasteiger partial charge < -0.3 is 11.5 Å². The van der Waals surface area contributed by atoms with Crippen LogP contribution in [0.15, 0.2) is 28.7 Å². The zero-order valence-electron chi connectivity index (χ0n) is 6.94. The summed E-state index contributed by atoms with van der Waals surface area (Å²) in [7, 11) is 0. The van der Waals surface area contributed by atoms with Crippen molar-refractivity contribution in [3.63, 3.8) is 0 Å².